The summed E-state index contributed by atoms with van der Waals surface area (Å²) in [6.07, 6.45) is 0.950. The molecule has 1 saturated heterocycles. The number of hydrogen-bond donors (Lipinski definition) is 2. The molecule has 2 aromatic carbocycles. The molecule has 220 valence electrons. The summed E-state index contributed by atoms with van der Waals surface area (Å²) in [5.41, 5.74) is -0.464. The maximum Gasteiger partial charge on any atom is 0.307 e. The van der Waals surface area contributed by atoms with Crippen molar-refractivity contribution >= 4 is 23.4 Å². The van der Waals surface area contributed by atoms with Crippen LogP contribution in [0.5, 0.6) is 11.5 Å². The first-order chi connectivity index (χ1) is 19.7. The lowest BCUT2D eigenvalue weighted by Crippen LogP contribution is -2.52. The van der Waals surface area contributed by atoms with Crippen LogP contribution in [0, 0.1) is 42.2 Å². The van der Waals surface area contributed by atoms with E-state index in [-0.39, 0.29) is 27.6 Å². The zero-order valence-corrected chi connectivity index (χ0v) is 24.5. The Kier molecular flexibility index (Phi) is 8.68. The number of carbonyl (C=O) groups is 2. The summed E-state index contributed by atoms with van der Waals surface area (Å²) < 4.78 is 34.8. The molecule has 2 unspecified atom stereocenters. The third-order valence-electron chi connectivity index (χ3n) is 7.35. The molecule has 42 heavy (non-hydrogen) atoms. The highest BCUT2D eigenvalue weighted by Gasteiger charge is 2.46. The van der Waals surface area contributed by atoms with Gasteiger partial charge in [0.25, 0.3) is 5.91 Å². The van der Waals surface area contributed by atoms with Crippen molar-refractivity contribution in [2.24, 2.45) is 5.41 Å². The van der Waals surface area contributed by atoms with Gasteiger partial charge in [0.2, 0.25) is 5.91 Å². The summed E-state index contributed by atoms with van der Waals surface area (Å²) in [5, 5.41) is 18.6. The van der Waals surface area contributed by atoms with Crippen LogP contribution in [0.2, 0.25) is 5.02 Å². The minimum absolute atomic E-state index is 0.0689. The van der Waals surface area contributed by atoms with E-state index >= 15 is 4.39 Å². The van der Waals surface area contributed by atoms with Crippen LogP contribution in [0.4, 0.5) is 8.78 Å². The van der Waals surface area contributed by atoms with Crippen molar-refractivity contribution in [3.8, 4) is 17.6 Å². The number of aromatic amines is 1. The molecule has 3 aromatic rings. The Morgan fingerprint density at radius 1 is 1.19 bits per heavy atom. The number of H-pyrrole nitrogens is 1. The van der Waals surface area contributed by atoms with E-state index in [2.05, 4.69) is 21.6 Å². The lowest BCUT2D eigenvalue weighted by Gasteiger charge is -2.38. The van der Waals surface area contributed by atoms with E-state index in [1.807, 2.05) is 0 Å². The van der Waals surface area contributed by atoms with E-state index in [0.717, 1.165) is 6.07 Å². The fraction of sp³-hybridized carbons (Fsp3) is 0.367. The van der Waals surface area contributed by atoms with Crippen molar-refractivity contribution in [2.45, 2.75) is 65.6 Å². The Bertz CT molecular complexity index is 1610. The third kappa shape index (κ3) is 6.29. The number of benzene rings is 2. The number of hydrogen-bond acceptors (Lipinski definition) is 6. The predicted octanol–water partition coefficient (Wildman–Crippen LogP) is 5.51. The van der Waals surface area contributed by atoms with E-state index in [0.29, 0.717) is 24.1 Å². The summed E-state index contributed by atoms with van der Waals surface area (Å²) in [6, 6.07) is 7.83. The van der Waals surface area contributed by atoms with Gasteiger partial charge in [-0.2, -0.15) is 10.4 Å². The molecule has 12 heteroatoms. The first-order valence-electron chi connectivity index (χ1n) is 13.3. The van der Waals surface area contributed by atoms with Crippen molar-refractivity contribution in [1.29, 1.82) is 5.26 Å². The van der Waals surface area contributed by atoms with Crippen molar-refractivity contribution in [2.75, 3.05) is 0 Å². The summed E-state index contributed by atoms with van der Waals surface area (Å²) in [7, 11) is 0. The molecule has 4 rings (SSSR count). The topological polar surface area (TPSA) is 128 Å². The number of halogens is 3. The first kappa shape index (κ1) is 30.7. The van der Waals surface area contributed by atoms with Gasteiger partial charge in [-0.3, -0.25) is 14.4 Å². The second kappa shape index (κ2) is 11.9. The molecule has 0 aliphatic carbocycles. The SMILES string of the molecule is Cc1cc(Oc2c(C)cc(C(=O)N[C@H](C)C(=O)N3C(c4cc(F)cc(Cl)c4)CCC3C(C)(C)C#N)cc2F)c(=O)[nH]n1. The normalized spacial score (nSPS) is 17.5. The molecular weight excluding hydrogens is 568 g/mol. The fourth-order valence-electron chi connectivity index (χ4n) is 5.22. The second-order valence-electron chi connectivity index (χ2n) is 11.0. The minimum Gasteiger partial charge on any atom is -0.448 e. The Morgan fingerprint density at radius 2 is 1.90 bits per heavy atom. The van der Waals surface area contributed by atoms with Crippen molar-refractivity contribution in [3.05, 3.63) is 85.8 Å². The molecule has 1 aliphatic rings. The van der Waals surface area contributed by atoms with Gasteiger partial charge in [-0.15, -0.1) is 0 Å². The van der Waals surface area contributed by atoms with Gasteiger partial charge < -0.3 is 15.0 Å². The number of aromatic nitrogens is 2. The number of ether oxygens (including phenoxy) is 1. The number of nitriles is 1. The average Bonchev–Trinajstić information content (AvgIpc) is 3.37. The molecule has 9 nitrogen and oxygen atoms in total. The standard InChI is InChI=1S/C30H30ClF2N5O4/c1-15-8-19(12-22(33)26(15)42-24-9-16(2)36-37-28(24)40)27(39)35-17(3)29(41)38-23(6-7-25(38)30(4,5)14-34)18-10-20(31)13-21(32)11-18/h8-13,17,23,25H,6-7H2,1-5H3,(H,35,39)(H,37,40)/t17-,23?,25?/m1/s1. The highest BCUT2D eigenvalue weighted by atomic mass is 35.5. The van der Waals surface area contributed by atoms with Gasteiger partial charge in [0.05, 0.1) is 29.3 Å². The summed E-state index contributed by atoms with van der Waals surface area (Å²) in [6.45, 7) is 8.07. The Labute approximate surface area is 246 Å². The molecular formula is C30H30ClF2N5O4. The summed E-state index contributed by atoms with van der Waals surface area (Å²) in [5.74, 6) is -3.03. The Morgan fingerprint density at radius 3 is 2.55 bits per heavy atom. The van der Waals surface area contributed by atoms with Crippen LogP contribution < -0.4 is 15.6 Å². The van der Waals surface area contributed by atoms with Gasteiger partial charge in [-0.1, -0.05) is 11.6 Å². The summed E-state index contributed by atoms with van der Waals surface area (Å²) >= 11 is 6.09. The molecule has 1 aromatic heterocycles. The zero-order valence-electron chi connectivity index (χ0n) is 23.7. The van der Waals surface area contributed by atoms with Crippen molar-refractivity contribution < 1.29 is 23.1 Å². The molecule has 0 radical (unpaired) electrons. The highest BCUT2D eigenvalue weighted by molar-refractivity contribution is 6.30. The quantitative estimate of drug-likeness (QED) is 0.369. The largest absolute Gasteiger partial charge is 0.448 e. The predicted molar refractivity (Wildman–Crippen MR) is 151 cm³/mol. The number of nitrogens with zero attached hydrogens (tertiary/aromatic N) is 3. The van der Waals surface area contributed by atoms with Crippen LogP contribution in [0.1, 0.15) is 66.8 Å². The molecule has 0 saturated carbocycles. The van der Waals surface area contributed by atoms with Crippen LogP contribution in [0.3, 0.4) is 0 Å². The fourth-order valence-corrected chi connectivity index (χ4v) is 5.45. The number of rotatable bonds is 7. The second-order valence-corrected chi connectivity index (χ2v) is 11.4. The van der Waals surface area contributed by atoms with Crippen molar-refractivity contribution in [1.82, 2.24) is 20.4 Å². The van der Waals surface area contributed by atoms with Crippen LogP contribution in [-0.4, -0.2) is 39.0 Å². The van der Waals surface area contributed by atoms with E-state index in [4.69, 9.17) is 16.3 Å². The molecule has 3 atom stereocenters. The molecule has 1 aliphatic heterocycles. The van der Waals surface area contributed by atoms with Gasteiger partial charge >= 0.3 is 5.56 Å². The van der Waals surface area contributed by atoms with Crippen LogP contribution in [0.25, 0.3) is 0 Å². The van der Waals surface area contributed by atoms with Gasteiger partial charge in [0, 0.05) is 16.7 Å². The number of likely N-dealkylation sites (tertiary alicyclic amines) is 1. The average molecular weight is 598 g/mol. The number of nitrogens with one attached hydrogen (secondary N) is 2. The maximum absolute atomic E-state index is 15.1. The third-order valence-corrected chi connectivity index (χ3v) is 7.57. The molecule has 2 heterocycles. The van der Waals surface area contributed by atoms with Crippen LogP contribution in [0.15, 0.2) is 41.2 Å². The van der Waals surface area contributed by atoms with E-state index in [9.17, 15) is 24.0 Å². The van der Waals surface area contributed by atoms with E-state index in [1.54, 1.807) is 26.8 Å². The molecule has 2 N–H and O–H groups in total. The zero-order chi connectivity index (χ0) is 30.9. The van der Waals surface area contributed by atoms with E-state index < -0.39 is 52.5 Å². The summed E-state index contributed by atoms with van der Waals surface area (Å²) in [4.78, 5) is 40.5. The van der Waals surface area contributed by atoms with Crippen molar-refractivity contribution in [3.63, 3.8) is 0 Å². The molecule has 0 bridgehead atoms. The van der Waals surface area contributed by atoms with Crippen LogP contribution >= 0.6 is 11.6 Å². The lowest BCUT2D eigenvalue weighted by molar-refractivity contribution is -0.137. The monoisotopic (exact) mass is 597 g/mol. The van der Waals surface area contributed by atoms with E-state index in [1.165, 1.54) is 43.0 Å². The molecule has 0 spiro atoms. The number of carbonyl (C=O) groups excluding carboxylic acids is 2. The number of amides is 2. The Hall–Kier alpha value is -4.30. The first-order valence-corrected chi connectivity index (χ1v) is 13.6. The highest BCUT2D eigenvalue weighted by Crippen LogP contribution is 2.44. The molecule has 1 fully saturated rings. The van der Waals surface area contributed by atoms with Crippen LogP contribution in [-0.2, 0) is 4.79 Å². The lowest BCUT2D eigenvalue weighted by atomic mass is 9.84. The maximum atomic E-state index is 15.1. The van der Waals surface area contributed by atoms with Gasteiger partial charge in [0.15, 0.2) is 17.3 Å². The minimum atomic E-state index is -1.07. The van der Waals surface area contributed by atoms with Gasteiger partial charge in [-0.05, 0) is 88.9 Å². The van der Waals surface area contributed by atoms with Gasteiger partial charge in [-0.25, -0.2) is 13.9 Å². The van der Waals surface area contributed by atoms with Gasteiger partial charge in [0.1, 0.15) is 11.9 Å². The smallest absolute Gasteiger partial charge is 0.307 e. The Balaban J connectivity index is 1.58. The molecule has 2 amide bonds. The number of aryl methyl sites for hydroxylation is 2.